The fourth-order valence-corrected chi connectivity index (χ4v) is 1.05. The van der Waals surface area contributed by atoms with Gasteiger partial charge in [0.25, 0.3) is 0 Å². The van der Waals surface area contributed by atoms with Gasteiger partial charge >= 0.3 is 6.09 Å². The summed E-state index contributed by atoms with van der Waals surface area (Å²) < 4.78 is 5.07. The summed E-state index contributed by atoms with van der Waals surface area (Å²) in [5.41, 5.74) is 1.48. The van der Waals surface area contributed by atoms with Crippen LogP contribution in [0.3, 0.4) is 0 Å². The average molecular weight is 231 g/mol. The Morgan fingerprint density at radius 1 is 1.38 bits per heavy atom. The van der Waals surface area contributed by atoms with Gasteiger partial charge in [-0.1, -0.05) is 6.92 Å². The SMILES string of the molecule is CCC(CC(=O)NN)NC(=O)OC(C)(C)C. The number of carbonyl (C=O) groups is 2. The predicted molar refractivity (Wildman–Crippen MR) is 60.4 cm³/mol. The summed E-state index contributed by atoms with van der Waals surface area (Å²) in [6.45, 7) is 7.20. The van der Waals surface area contributed by atoms with Crippen molar-refractivity contribution in [1.82, 2.24) is 10.7 Å². The fourth-order valence-electron chi connectivity index (χ4n) is 1.05. The molecule has 0 aromatic rings. The maximum atomic E-state index is 11.4. The Bertz CT molecular complexity index is 248. The minimum absolute atomic E-state index is 0.145. The highest BCUT2D eigenvalue weighted by Gasteiger charge is 2.19. The predicted octanol–water partition coefficient (Wildman–Crippen LogP) is 0.670. The summed E-state index contributed by atoms with van der Waals surface area (Å²) in [5.74, 6) is 4.65. The van der Waals surface area contributed by atoms with Crippen molar-refractivity contribution < 1.29 is 14.3 Å². The first-order valence-corrected chi connectivity index (χ1v) is 5.27. The molecule has 6 nitrogen and oxygen atoms in total. The monoisotopic (exact) mass is 231 g/mol. The minimum Gasteiger partial charge on any atom is -0.444 e. The van der Waals surface area contributed by atoms with Gasteiger partial charge in [0.1, 0.15) is 5.60 Å². The summed E-state index contributed by atoms with van der Waals surface area (Å²) >= 11 is 0. The van der Waals surface area contributed by atoms with E-state index >= 15 is 0 Å². The number of nitrogens with two attached hydrogens (primary N) is 1. The smallest absolute Gasteiger partial charge is 0.407 e. The Balaban J connectivity index is 4.12. The quantitative estimate of drug-likeness (QED) is 0.376. The third-order valence-electron chi connectivity index (χ3n) is 1.81. The molecular weight excluding hydrogens is 210 g/mol. The molecule has 6 heteroatoms. The number of ether oxygens (including phenoxy) is 1. The zero-order valence-corrected chi connectivity index (χ0v) is 10.3. The van der Waals surface area contributed by atoms with Gasteiger partial charge in [-0.25, -0.2) is 10.6 Å². The first-order valence-electron chi connectivity index (χ1n) is 5.27. The van der Waals surface area contributed by atoms with E-state index in [1.807, 2.05) is 12.3 Å². The highest BCUT2D eigenvalue weighted by Crippen LogP contribution is 2.07. The van der Waals surface area contributed by atoms with Crippen LogP contribution in [0.25, 0.3) is 0 Å². The first-order chi connectivity index (χ1) is 7.28. The molecule has 0 aliphatic carbocycles. The Morgan fingerprint density at radius 3 is 2.31 bits per heavy atom. The topological polar surface area (TPSA) is 93.5 Å². The number of hydrogen-bond donors (Lipinski definition) is 3. The molecule has 4 N–H and O–H groups in total. The van der Waals surface area contributed by atoms with E-state index in [9.17, 15) is 9.59 Å². The van der Waals surface area contributed by atoms with E-state index in [2.05, 4.69) is 5.32 Å². The Morgan fingerprint density at radius 2 is 1.94 bits per heavy atom. The molecule has 0 saturated heterocycles. The van der Waals surface area contributed by atoms with Crippen molar-refractivity contribution in [2.75, 3.05) is 0 Å². The van der Waals surface area contributed by atoms with Crippen LogP contribution < -0.4 is 16.6 Å². The van der Waals surface area contributed by atoms with Crippen LogP contribution in [0.1, 0.15) is 40.5 Å². The molecule has 94 valence electrons. The molecule has 2 amide bonds. The summed E-state index contributed by atoms with van der Waals surface area (Å²) in [5, 5.41) is 2.61. The van der Waals surface area contributed by atoms with Crippen LogP contribution in [-0.2, 0) is 9.53 Å². The summed E-state index contributed by atoms with van der Waals surface area (Å²) in [4.78, 5) is 22.4. The van der Waals surface area contributed by atoms with Crippen LogP contribution in [0.5, 0.6) is 0 Å². The van der Waals surface area contributed by atoms with Gasteiger partial charge in [-0.2, -0.15) is 0 Å². The molecule has 0 radical (unpaired) electrons. The highest BCUT2D eigenvalue weighted by atomic mass is 16.6. The fraction of sp³-hybridized carbons (Fsp3) is 0.800. The maximum absolute atomic E-state index is 11.4. The number of nitrogens with one attached hydrogen (secondary N) is 2. The van der Waals surface area contributed by atoms with Gasteiger partial charge < -0.3 is 10.1 Å². The van der Waals surface area contributed by atoms with Crippen LogP contribution in [0, 0.1) is 0 Å². The molecular formula is C10H21N3O3. The third-order valence-corrected chi connectivity index (χ3v) is 1.81. The number of carbonyl (C=O) groups excluding carboxylic acids is 2. The molecule has 0 rings (SSSR count). The molecule has 0 bridgehead atoms. The van der Waals surface area contributed by atoms with Crippen molar-refractivity contribution in [1.29, 1.82) is 0 Å². The molecule has 0 aromatic heterocycles. The first kappa shape index (κ1) is 14.7. The molecule has 0 aromatic carbocycles. The minimum atomic E-state index is -0.543. The zero-order valence-electron chi connectivity index (χ0n) is 10.3. The van der Waals surface area contributed by atoms with Gasteiger partial charge in [0.15, 0.2) is 0 Å². The Labute approximate surface area is 95.9 Å². The van der Waals surface area contributed by atoms with Crippen molar-refractivity contribution in [3.8, 4) is 0 Å². The van der Waals surface area contributed by atoms with Gasteiger partial charge in [-0.3, -0.25) is 10.2 Å². The second-order valence-corrected chi connectivity index (χ2v) is 4.52. The number of hydrogen-bond acceptors (Lipinski definition) is 4. The van der Waals surface area contributed by atoms with Crippen molar-refractivity contribution >= 4 is 12.0 Å². The Kier molecular flexibility index (Phi) is 5.81. The largest absolute Gasteiger partial charge is 0.444 e. The van der Waals surface area contributed by atoms with E-state index in [0.29, 0.717) is 6.42 Å². The van der Waals surface area contributed by atoms with Crippen LogP contribution in [0.15, 0.2) is 0 Å². The number of rotatable bonds is 4. The van der Waals surface area contributed by atoms with Crippen molar-refractivity contribution in [2.45, 2.75) is 52.2 Å². The molecule has 0 spiro atoms. The van der Waals surface area contributed by atoms with Crippen LogP contribution in [-0.4, -0.2) is 23.6 Å². The number of alkyl carbamates (subject to hydrolysis) is 1. The third kappa shape index (κ3) is 7.05. The molecule has 1 atom stereocenters. The Hall–Kier alpha value is -1.30. The lowest BCUT2D eigenvalue weighted by molar-refractivity contribution is -0.121. The van der Waals surface area contributed by atoms with Gasteiger partial charge in [0.2, 0.25) is 5.91 Å². The van der Waals surface area contributed by atoms with Crippen LogP contribution in [0.4, 0.5) is 4.79 Å². The molecule has 0 fully saturated rings. The van der Waals surface area contributed by atoms with E-state index in [1.165, 1.54) is 0 Å². The number of amides is 2. The van der Waals surface area contributed by atoms with E-state index < -0.39 is 11.7 Å². The van der Waals surface area contributed by atoms with E-state index in [1.54, 1.807) is 20.8 Å². The summed E-state index contributed by atoms with van der Waals surface area (Å²) in [7, 11) is 0. The highest BCUT2D eigenvalue weighted by molar-refractivity contribution is 5.77. The lowest BCUT2D eigenvalue weighted by Crippen LogP contribution is -2.42. The normalized spacial score (nSPS) is 12.8. The zero-order chi connectivity index (χ0) is 12.8. The molecule has 0 saturated carbocycles. The van der Waals surface area contributed by atoms with Crippen LogP contribution >= 0.6 is 0 Å². The van der Waals surface area contributed by atoms with Gasteiger partial charge in [0.05, 0.1) is 0 Å². The van der Waals surface area contributed by atoms with Gasteiger partial charge in [-0.05, 0) is 27.2 Å². The molecule has 0 aliphatic rings. The van der Waals surface area contributed by atoms with E-state index in [0.717, 1.165) is 0 Å². The van der Waals surface area contributed by atoms with Gasteiger partial charge in [0, 0.05) is 12.5 Å². The van der Waals surface area contributed by atoms with E-state index in [-0.39, 0.29) is 18.4 Å². The average Bonchev–Trinajstić information content (AvgIpc) is 2.13. The van der Waals surface area contributed by atoms with Crippen LogP contribution in [0.2, 0.25) is 0 Å². The lowest BCUT2D eigenvalue weighted by Gasteiger charge is -2.22. The lowest BCUT2D eigenvalue weighted by atomic mass is 10.1. The maximum Gasteiger partial charge on any atom is 0.407 e. The second-order valence-electron chi connectivity index (χ2n) is 4.52. The summed E-state index contributed by atoms with van der Waals surface area (Å²) in [6.07, 6.45) is 0.253. The van der Waals surface area contributed by atoms with E-state index in [4.69, 9.17) is 10.6 Å². The standard InChI is InChI=1S/C10H21N3O3/c1-5-7(6-8(14)13-11)12-9(15)16-10(2,3)4/h7H,5-6,11H2,1-4H3,(H,12,15)(H,13,14). The second kappa shape index (κ2) is 6.32. The number of hydrazine groups is 1. The van der Waals surface area contributed by atoms with Crippen molar-refractivity contribution in [3.63, 3.8) is 0 Å². The van der Waals surface area contributed by atoms with Crippen molar-refractivity contribution in [3.05, 3.63) is 0 Å². The van der Waals surface area contributed by atoms with Gasteiger partial charge in [-0.15, -0.1) is 0 Å². The molecule has 1 unspecified atom stereocenters. The molecule has 0 aliphatic heterocycles. The van der Waals surface area contributed by atoms with Crippen molar-refractivity contribution in [2.24, 2.45) is 5.84 Å². The molecule has 0 heterocycles. The molecule has 16 heavy (non-hydrogen) atoms. The summed E-state index contributed by atoms with van der Waals surface area (Å²) in [6, 6.07) is -0.265.